The fourth-order valence-corrected chi connectivity index (χ4v) is 3.48. The number of pyridine rings is 1. The van der Waals surface area contributed by atoms with Crippen molar-refractivity contribution in [3.63, 3.8) is 0 Å². The van der Waals surface area contributed by atoms with Crippen LogP contribution < -0.4 is 5.32 Å². The predicted molar refractivity (Wildman–Crippen MR) is 105 cm³/mol. The highest BCUT2D eigenvalue weighted by Gasteiger charge is 2.11. The number of anilines is 1. The summed E-state index contributed by atoms with van der Waals surface area (Å²) in [5, 5.41) is 7.14. The van der Waals surface area contributed by atoms with E-state index in [4.69, 9.17) is 0 Å². The van der Waals surface area contributed by atoms with Gasteiger partial charge >= 0.3 is 0 Å². The lowest BCUT2D eigenvalue weighted by molar-refractivity contribution is 0.101. The molecule has 128 valence electrons. The number of rotatable bonds is 5. The number of amides is 1. The van der Waals surface area contributed by atoms with Crippen molar-refractivity contribution in [1.29, 1.82) is 0 Å². The summed E-state index contributed by atoms with van der Waals surface area (Å²) in [6, 6.07) is 17.6. The number of hydrogen-bond acceptors (Lipinski definition) is 3. The molecule has 0 saturated carbocycles. The number of nitrogens with zero attached hydrogens (tertiary/aromatic N) is 2. The van der Waals surface area contributed by atoms with E-state index in [1.54, 1.807) is 17.5 Å². The maximum atomic E-state index is 12.7. The fraction of sp³-hybridized carbons (Fsp3) is 0.0476. The molecule has 4 aromatic rings. The summed E-state index contributed by atoms with van der Waals surface area (Å²) in [5.41, 5.74) is 4.79. The van der Waals surface area contributed by atoms with E-state index in [2.05, 4.69) is 27.1 Å². The minimum absolute atomic E-state index is 0.123. The summed E-state index contributed by atoms with van der Waals surface area (Å²) in [5.74, 6) is -0.123. The summed E-state index contributed by atoms with van der Waals surface area (Å²) < 4.78 is 1.92. The molecule has 0 atom stereocenters. The van der Waals surface area contributed by atoms with Gasteiger partial charge in [-0.1, -0.05) is 18.2 Å². The van der Waals surface area contributed by atoms with Gasteiger partial charge in [-0.15, -0.1) is 0 Å². The van der Waals surface area contributed by atoms with Gasteiger partial charge in [0.1, 0.15) is 5.69 Å². The molecular formula is C21H17N3OS. The van der Waals surface area contributed by atoms with Crippen molar-refractivity contribution in [2.75, 3.05) is 5.32 Å². The highest BCUT2D eigenvalue weighted by Crippen LogP contribution is 2.23. The van der Waals surface area contributed by atoms with Crippen LogP contribution in [-0.2, 0) is 6.54 Å². The van der Waals surface area contributed by atoms with Gasteiger partial charge in [0.2, 0.25) is 0 Å². The van der Waals surface area contributed by atoms with Gasteiger partial charge in [0.25, 0.3) is 5.91 Å². The normalized spacial score (nSPS) is 10.6. The molecule has 5 heteroatoms. The van der Waals surface area contributed by atoms with E-state index >= 15 is 0 Å². The van der Waals surface area contributed by atoms with Crippen LogP contribution in [0.1, 0.15) is 16.1 Å². The summed E-state index contributed by atoms with van der Waals surface area (Å²) in [7, 11) is 0. The van der Waals surface area contributed by atoms with Gasteiger partial charge in [-0.2, -0.15) is 11.3 Å². The molecule has 0 radical (unpaired) electrons. The molecule has 0 saturated heterocycles. The summed E-state index contributed by atoms with van der Waals surface area (Å²) in [6.07, 6.45) is 5.46. The average Bonchev–Trinajstić information content (AvgIpc) is 3.35. The molecule has 0 aliphatic carbocycles. The second-order valence-electron chi connectivity index (χ2n) is 5.93. The molecule has 1 N–H and O–H groups in total. The van der Waals surface area contributed by atoms with Crippen molar-refractivity contribution in [2.45, 2.75) is 6.54 Å². The molecule has 0 unspecified atom stereocenters. The smallest absolute Gasteiger partial charge is 0.272 e. The zero-order valence-corrected chi connectivity index (χ0v) is 14.8. The number of benzene rings is 1. The van der Waals surface area contributed by atoms with Crippen molar-refractivity contribution in [3.8, 4) is 11.1 Å². The van der Waals surface area contributed by atoms with Crippen LogP contribution in [0.25, 0.3) is 11.1 Å². The highest BCUT2D eigenvalue weighted by atomic mass is 32.1. The number of nitrogens with one attached hydrogen (secondary N) is 1. The Bertz CT molecular complexity index is 989. The molecule has 3 aromatic heterocycles. The largest absolute Gasteiger partial charge is 0.339 e. The third-order valence-electron chi connectivity index (χ3n) is 4.14. The van der Waals surface area contributed by atoms with E-state index in [1.807, 2.05) is 65.5 Å². The average molecular weight is 359 g/mol. The van der Waals surface area contributed by atoms with Gasteiger partial charge in [-0.25, -0.2) is 0 Å². The molecule has 0 bridgehead atoms. The number of carbonyl (C=O) groups is 1. The topological polar surface area (TPSA) is 46.9 Å². The van der Waals surface area contributed by atoms with Crippen LogP contribution in [0, 0.1) is 0 Å². The lowest BCUT2D eigenvalue weighted by Crippen LogP contribution is -2.17. The number of aromatic nitrogens is 2. The van der Waals surface area contributed by atoms with Gasteiger partial charge in [0.15, 0.2) is 0 Å². The van der Waals surface area contributed by atoms with Gasteiger partial charge in [-0.3, -0.25) is 9.78 Å². The van der Waals surface area contributed by atoms with E-state index in [-0.39, 0.29) is 5.91 Å². The van der Waals surface area contributed by atoms with Crippen LogP contribution in [0.2, 0.25) is 0 Å². The Hall–Kier alpha value is -3.18. The van der Waals surface area contributed by atoms with Crippen molar-refractivity contribution < 1.29 is 4.79 Å². The van der Waals surface area contributed by atoms with E-state index in [0.717, 1.165) is 16.8 Å². The van der Waals surface area contributed by atoms with Gasteiger partial charge < -0.3 is 9.88 Å². The van der Waals surface area contributed by atoms with Crippen LogP contribution in [0.15, 0.2) is 83.9 Å². The second kappa shape index (κ2) is 7.37. The molecule has 1 amide bonds. The van der Waals surface area contributed by atoms with E-state index in [0.29, 0.717) is 12.2 Å². The van der Waals surface area contributed by atoms with E-state index < -0.39 is 0 Å². The molecular weight excluding hydrogens is 342 g/mol. The second-order valence-corrected chi connectivity index (χ2v) is 6.71. The Labute approximate surface area is 155 Å². The highest BCUT2D eigenvalue weighted by molar-refractivity contribution is 7.08. The van der Waals surface area contributed by atoms with Crippen molar-refractivity contribution >= 4 is 22.9 Å². The van der Waals surface area contributed by atoms with Crippen molar-refractivity contribution in [3.05, 3.63) is 95.2 Å². The first-order chi connectivity index (χ1) is 12.8. The Balaban J connectivity index is 1.48. The van der Waals surface area contributed by atoms with Crippen LogP contribution >= 0.6 is 11.3 Å². The fourth-order valence-electron chi connectivity index (χ4n) is 2.82. The minimum Gasteiger partial charge on any atom is -0.339 e. The van der Waals surface area contributed by atoms with Crippen LogP contribution in [0.3, 0.4) is 0 Å². The molecule has 3 heterocycles. The third kappa shape index (κ3) is 3.58. The van der Waals surface area contributed by atoms with Gasteiger partial charge in [0.05, 0.1) is 0 Å². The van der Waals surface area contributed by atoms with Crippen LogP contribution in [0.4, 0.5) is 5.69 Å². The first kappa shape index (κ1) is 16.3. The summed E-state index contributed by atoms with van der Waals surface area (Å²) in [6.45, 7) is 0.612. The number of carbonyl (C=O) groups excluding carboxylic acids is 1. The molecule has 0 spiro atoms. The molecule has 0 aliphatic rings. The summed E-state index contributed by atoms with van der Waals surface area (Å²) in [4.78, 5) is 16.8. The zero-order valence-electron chi connectivity index (χ0n) is 14.0. The lowest BCUT2D eigenvalue weighted by Gasteiger charge is -2.10. The van der Waals surface area contributed by atoms with Crippen LogP contribution in [0.5, 0.6) is 0 Å². The molecule has 0 fully saturated rings. The maximum Gasteiger partial charge on any atom is 0.272 e. The SMILES string of the molecule is O=C(Nc1ccc(-c2ccsc2)cc1)c1cccn1Cc1cccnc1. The monoisotopic (exact) mass is 359 g/mol. The Morgan fingerprint density at radius 3 is 2.65 bits per heavy atom. The number of thiophene rings is 1. The third-order valence-corrected chi connectivity index (χ3v) is 4.82. The zero-order chi connectivity index (χ0) is 17.8. The van der Waals surface area contributed by atoms with Crippen molar-refractivity contribution in [2.24, 2.45) is 0 Å². The molecule has 1 aromatic carbocycles. The minimum atomic E-state index is -0.123. The van der Waals surface area contributed by atoms with E-state index in [1.165, 1.54) is 5.56 Å². The standard InChI is InChI=1S/C21H17N3OS/c25-21(20-4-2-11-24(20)14-16-3-1-10-22-13-16)23-19-7-5-17(6-8-19)18-9-12-26-15-18/h1-13,15H,14H2,(H,23,25). The molecule has 4 rings (SSSR count). The Morgan fingerprint density at radius 2 is 1.92 bits per heavy atom. The molecule has 4 nitrogen and oxygen atoms in total. The van der Waals surface area contributed by atoms with Gasteiger partial charge in [-0.05, 0) is 63.8 Å². The Morgan fingerprint density at radius 1 is 1.04 bits per heavy atom. The van der Waals surface area contributed by atoms with Crippen molar-refractivity contribution in [1.82, 2.24) is 9.55 Å². The quantitative estimate of drug-likeness (QED) is 0.550. The number of hydrogen-bond donors (Lipinski definition) is 1. The lowest BCUT2D eigenvalue weighted by atomic mass is 10.1. The first-order valence-corrected chi connectivity index (χ1v) is 9.22. The van der Waals surface area contributed by atoms with Gasteiger partial charge in [0, 0.05) is 30.8 Å². The van der Waals surface area contributed by atoms with Crippen LogP contribution in [-0.4, -0.2) is 15.5 Å². The predicted octanol–water partition coefficient (Wildman–Crippen LogP) is 4.91. The Kier molecular flexibility index (Phi) is 4.62. The maximum absolute atomic E-state index is 12.7. The van der Waals surface area contributed by atoms with E-state index in [9.17, 15) is 4.79 Å². The molecule has 0 aliphatic heterocycles. The molecule has 26 heavy (non-hydrogen) atoms. The summed E-state index contributed by atoms with van der Waals surface area (Å²) >= 11 is 1.67. The first-order valence-electron chi connectivity index (χ1n) is 8.27.